The predicted octanol–water partition coefficient (Wildman–Crippen LogP) is -0.163. The minimum Gasteiger partial charge on any atom is -0.395 e. The Kier molecular flexibility index (Phi) is 2.28. The fourth-order valence-corrected chi connectivity index (χ4v) is 1.25. The molecule has 6 heteroatoms. The van der Waals surface area contributed by atoms with Crippen LogP contribution in [-0.2, 0) is 0 Å². The van der Waals surface area contributed by atoms with Crippen LogP contribution in [0.5, 0.6) is 0 Å². The van der Waals surface area contributed by atoms with Crippen molar-refractivity contribution >= 4 is 11.5 Å². The topological polar surface area (TPSA) is 75.3 Å². The monoisotopic (exact) mass is 193 g/mol. The van der Waals surface area contributed by atoms with E-state index in [2.05, 4.69) is 20.6 Å². The Labute approximate surface area is 80.6 Å². The number of fused-ring (bicyclic) bond motifs is 1. The van der Waals surface area contributed by atoms with Crippen LogP contribution in [0.3, 0.4) is 0 Å². The summed E-state index contributed by atoms with van der Waals surface area (Å²) in [5.74, 6) is 0.712. The van der Waals surface area contributed by atoms with Crippen molar-refractivity contribution in [1.29, 1.82) is 0 Å². The van der Waals surface area contributed by atoms with Gasteiger partial charge < -0.3 is 10.4 Å². The SMILES string of the molecule is Cc1cc(NCCO)nn2cnnc12. The molecule has 2 rings (SSSR count). The summed E-state index contributed by atoms with van der Waals surface area (Å²) in [6.45, 7) is 2.51. The van der Waals surface area contributed by atoms with E-state index in [4.69, 9.17) is 5.11 Å². The molecule has 0 amide bonds. The predicted molar refractivity (Wildman–Crippen MR) is 51.1 cm³/mol. The molecule has 0 aromatic carbocycles. The van der Waals surface area contributed by atoms with Crippen LogP contribution in [0, 0.1) is 6.92 Å². The highest BCUT2D eigenvalue weighted by Crippen LogP contribution is 2.09. The van der Waals surface area contributed by atoms with Gasteiger partial charge in [-0.3, -0.25) is 0 Å². The highest BCUT2D eigenvalue weighted by atomic mass is 16.3. The Morgan fingerprint density at radius 2 is 2.43 bits per heavy atom. The second-order valence-corrected chi connectivity index (χ2v) is 2.96. The molecule has 0 aliphatic carbocycles. The number of anilines is 1. The second-order valence-electron chi connectivity index (χ2n) is 2.96. The molecule has 74 valence electrons. The van der Waals surface area contributed by atoms with Crippen LogP contribution in [-0.4, -0.2) is 38.1 Å². The van der Waals surface area contributed by atoms with Crippen LogP contribution >= 0.6 is 0 Å². The van der Waals surface area contributed by atoms with Gasteiger partial charge in [-0.05, 0) is 18.6 Å². The van der Waals surface area contributed by atoms with Crippen LogP contribution in [0.2, 0.25) is 0 Å². The Morgan fingerprint density at radius 3 is 3.21 bits per heavy atom. The summed E-state index contributed by atoms with van der Waals surface area (Å²) in [4.78, 5) is 0. The summed E-state index contributed by atoms with van der Waals surface area (Å²) in [7, 11) is 0. The van der Waals surface area contributed by atoms with Crippen LogP contribution in [0.15, 0.2) is 12.4 Å². The maximum absolute atomic E-state index is 8.65. The molecule has 0 unspecified atom stereocenters. The first-order valence-corrected chi connectivity index (χ1v) is 4.33. The average molecular weight is 193 g/mol. The summed E-state index contributed by atoms with van der Waals surface area (Å²) in [6.07, 6.45) is 1.55. The van der Waals surface area contributed by atoms with Crippen molar-refractivity contribution in [2.75, 3.05) is 18.5 Å². The lowest BCUT2D eigenvalue weighted by Crippen LogP contribution is -2.09. The van der Waals surface area contributed by atoms with Crippen molar-refractivity contribution < 1.29 is 5.11 Å². The maximum Gasteiger partial charge on any atom is 0.180 e. The number of hydrogen-bond donors (Lipinski definition) is 2. The lowest BCUT2D eigenvalue weighted by molar-refractivity contribution is 0.311. The Balaban J connectivity index is 2.38. The van der Waals surface area contributed by atoms with Gasteiger partial charge in [0.25, 0.3) is 0 Å². The number of hydrogen-bond acceptors (Lipinski definition) is 5. The van der Waals surface area contributed by atoms with Crippen LogP contribution in [0.4, 0.5) is 5.82 Å². The van der Waals surface area contributed by atoms with Crippen molar-refractivity contribution in [2.24, 2.45) is 0 Å². The minimum atomic E-state index is 0.0843. The number of nitrogens with zero attached hydrogens (tertiary/aromatic N) is 4. The molecular weight excluding hydrogens is 182 g/mol. The molecule has 0 aliphatic rings. The van der Waals surface area contributed by atoms with Gasteiger partial charge in [0, 0.05) is 6.54 Å². The highest BCUT2D eigenvalue weighted by molar-refractivity contribution is 5.50. The van der Waals surface area contributed by atoms with Crippen LogP contribution in [0.1, 0.15) is 5.56 Å². The van der Waals surface area contributed by atoms with Gasteiger partial charge in [0.1, 0.15) is 12.1 Å². The number of aliphatic hydroxyl groups is 1. The molecular formula is C8H11N5O. The van der Waals surface area contributed by atoms with Gasteiger partial charge in [-0.2, -0.15) is 4.52 Å². The molecule has 14 heavy (non-hydrogen) atoms. The summed E-state index contributed by atoms with van der Waals surface area (Å²) in [5, 5.41) is 23.5. The normalized spacial score (nSPS) is 10.7. The van der Waals surface area contributed by atoms with Gasteiger partial charge in [-0.15, -0.1) is 15.3 Å². The number of nitrogens with one attached hydrogen (secondary N) is 1. The van der Waals surface area contributed by atoms with E-state index in [9.17, 15) is 0 Å². The third kappa shape index (κ3) is 1.51. The molecule has 0 bridgehead atoms. The molecule has 0 spiro atoms. The number of aromatic nitrogens is 4. The van der Waals surface area contributed by atoms with Crippen molar-refractivity contribution in [1.82, 2.24) is 19.8 Å². The summed E-state index contributed by atoms with van der Waals surface area (Å²) < 4.78 is 1.61. The van der Waals surface area contributed by atoms with E-state index in [1.807, 2.05) is 13.0 Å². The Hall–Kier alpha value is -1.69. The van der Waals surface area contributed by atoms with Crippen LogP contribution < -0.4 is 5.32 Å². The van der Waals surface area contributed by atoms with Gasteiger partial charge in [0.15, 0.2) is 5.65 Å². The molecule has 0 radical (unpaired) electrons. The first kappa shape index (κ1) is 8.89. The van der Waals surface area contributed by atoms with Crippen LogP contribution in [0.25, 0.3) is 5.65 Å². The fourth-order valence-electron chi connectivity index (χ4n) is 1.25. The lowest BCUT2D eigenvalue weighted by Gasteiger charge is -2.04. The van der Waals surface area contributed by atoms with Gasteiger partial charge in [0.2, 0.25) is 0 Å². The molecule has 2 heterocycles. The highest BCUT2D eigenvalue weighted by Gasteiger charge is 2.02. The molecule has 2 N–H and O–H groups in total. The first-order chi connectivity index (χ1) is 6.81. The smallest absolute Gasteiger partial charge is 0.180 e. The minimum absolute atomic E-state index is 0.0843. The zero-order valence-corrected chi connectivity index (χ0v) is 7.80. The first-order valence-electron chi connectivity index (χ1n) is 4.33. The molecule has 0 saturated heterocycles. The Morgan fingerprint density at radius 1 is 1.57 bits per heavy atom. The van der Waals surface area contributed by atoms with Gasteiger partial charge in [0.05, 0.1) is 6.61 Å². The lowest BCUT2D eigenvalue weighted by atomic mass is 10.3. The zero-order chi connectivity index (χ0) is 9.97. The van der Waals surface area contributed by atoms with Gasteiger partial charge in [-0.1, -0.05) is 0 Å². The molecule has 0 saturated carbocycles. The van der Waals surface area contributed by atoms with Crippen molar-refractivity contribution in [2.45, 2.75) is 6.92 Å². The average Bonchev–Trinajstić information content (AvgIpc) is 2.63. The number of rotatable bonds is 3. The summed E-state index contributed by atoms with van der Waals surface area (Å²) in [5.41, 5.74) is 1.75. The standard InChI is InChI=1S/C8H11N5O/c1-6-4-7(9-2-3-14)12-13-5-10-11-8(6)13/h4-5,14H,2-3H2,1H3,(H,9,12). The number of aryl methyl sites for hydroxylation is 1. The molecule has 2 aromatic rings. The van der Waals surface area contributed by atoms with E-state index in [0.29, 0.717) is 12.4 Å². The molecule has 0 fully saturated rings. The largest absolute Gasteiger partial charge is 0.395 e. The third-order valence-electron chi connectivity index (χ3n) is 1.87. The van der Waals surface area contributed by atoms with Gasteiger partial charge >= 0.3 is 0 Å². The van der Waals surface area contributed by atoms with E-state index < -0.39 is 0 Å². The zero-order valence-electron chi connectivity index (χ0n) is 7.80. The second kappa shape index (κ2) is 3.59. The summed E-state index contributed by atoms with van der Waals surface area (Å²) >= 11 is 0. The number of aliphatic hydroxyl groups excluding tert-OH is 1. The fraction of sp³-hybridized carbons (Fsp3) is 0.375. The van der Waals surface area contributed by atoms with E-state index in [0.717, 1.165) is 11.2 Å². The van der Waals surface area contributed by atoms with E-state index >= 15 is 0 Å². The van der Waals surface area contributed by atoms with Crippen molar-refractivity contribution in [3.63, 3.8) is 0 Å². The van der Waals surface area contributed by atoms with E-state index in [1.165, 1.54) is 0 Å². The van der Waals surface area contributed by atoms with E-state index in [-0.39, 0.29) is 6.61 Å². The van der Waals surface area contributed by atoms with Gasteiger partial charge in [-0.25, -0.2) is 0 Å². The molecule has 0 atom stereocenters. The Bertz CT molecular complexity index is 438. The third-order valence-corrected chi connectivity index (χ3v) is 1.87. The van der Waals surface area contributed by atoms with Crippen molar-refractivity contribution in [3.8, 4) is 0 Å². The molecule has 2 aromatic heterocycles. The van der Waals surface area contributed by atoms with E-state index in [1.54, 1.807) is 10.8 Å². The molecule has 0 aliphatic heterocycles. The van der Waals surface area contributed by atoms with Crippen molar-refractivity contribution in [3.05, 3.63) is 18.0 Å². The quantitative estimate of drug-likeness (QED) is 0.708. The molecule has 6 nitrogen and oxygen atoms in total. The summed E-state index contributed by atoms with van der Waals surface area (Å²) in [6, 6.07) is 1.87. The maximum atomic E-state index is 8.65.